The molecule has 1 aromatic heterocycles. The Morgan fingerprint density at radius 1 is 1.41 bits per heavy atom. The molecule has 1 rings (SSSR count). The predicted molar refractivity (Wildman–Crippen MR) is 76.6 cm³/mol. The monoisotopic (exact) mass is 254 g/mol. The number of thiazole rings is 1. The topological polar surface area (TPSA) is 24.9 Å². The first-order chi connectivity index (χ1) is 8.01. The summed E-state index contributed by atoms with van der Waals surface area (Å²) in [4.78, 5) is 4.39. The Morgan fingerprint density at radius 3 is 2.71 bits per heavy atom. The van der Waals surface area contributed by atoms with Crippen molar-refractivity contribution in [2.45, 2.75) is 59.4 Å². The molecule has 98 valence electrons. The molecule has 1 aromatic rings. The summed E-state index contributed by atoms with van der Waals surface area (Å²) in [6.45, 7) is 10.3. The smallest absolute Gasteiger partial charge is 0.0940 e. The lowest BCUT2D eigenvalue weighted by molar-refractivity contribution is 0.328. The van der Waals surface area contributed by atoms with E-state index in [4.69, 9.17) is 0 Å². The first-order valence-electron chi connectivity index (χ1n) is 6.63. The van der Waals surface area contributed by atoms with Gasteiger partial charge in [0.15, 0.2) is 0 Å². The SMILES string of the molecule is CCCNC(CCC(C)(C)C)Cc1nccs1. The van der Waals surface area contributed by atoms with Crippen molar-refractivity contribution < 1.29 is 0 Å². The molecule has 3 heteroatoms. The Kier molecular flexibility index (Phi) is 6.14. The van der Waals surface area contributed by atoms with Crippen LogP contribution in [0, 0.1) is 5.41 Å². The van der Waals surface area contributed by atoms with Crippen molar-refractivity contribution in [2.24, 2.45) is 5.41 Å². The Hall–Kier alpha value is -0.410. The molecule has 0 bridgehead atoms. The fourth-order valence-corrected chi connectivity index (χ4v) is 2.49. The number of rotatable bonds is 7. The van der Waals surface area contributed by atoms with Crippen LogP contribution < -0.4 is 5.32 Å². The van der Waals surface area contributed by atoms with E-state index in [2.05, 4.69) is 43.4 Å². The number of nitrogens with one attached hydrogen (secondary N) is 1. The second-order valence-electron chi connectivity index (χ2n) is 5.88. The molecule has 2 nitrogen and oxygen atoms in total. The third kappa shape index (κ3) is 6.79. The molecular weight excluding hydrogens is 228 g/mol. The van der Waals surface area contributed by atoms with E-state index in [0.29, 0.717) is 11.5 Å². The molecule has 0 aliphatic heterocycles. The molecule has 0 aliphatic rings. The van der Waals surface area contributed by atoms with Gasteiger partial charge in [0.2, 0.25) is 0 Å². The van der Waals surface area contributed by atoms with Gasteiger partial charge in [0, 0.05) is 24.0 Å². The van der Waals surface area contributed by atoms with Crippen LogP contribution in [-0.4, -0.2) is 17.6 Å². The number of hydrogen-bond acceptors (Lipinski definition) is 3. The van der Waals surface area contributed by atoms with Crippen LogP contribution in [0.25, 0.3) is 0 Å². The fourth-order valence-electron chi connectivity index (χ4n) is 1.80. The Balaban J connectivity index is 2.42. The minimum Gasteiger partial charge on any atom is -0.314 e. The predicted octanol–water partition coefficient (Wildman–Crippen LogP) is 3.88. The van der Waals surface area contributed by atoms with Crippen LogP contribution in [-0.2, 0) is 6.42 Å². The van der Waals surface area contributed by atoms with Crippen LogP contribution in [0.5, 0.6) is 0 Å². The van der Waals surface area contributed by atoms with Crippen molar-refractivity contribution in [3.63, 3.8) is 0 Å². The van der Waals surface area contributed by atoms with Gasteiger partial charge in [-0.2, -0.15) is 0 Å². The van der Waals surface area contributed by atoms with Crippen LogP contribution in [0.15, 0.2) is 11.6 Å². The van der Waals surface area contributed by atoms with E-state index in [-0.39, 0.29) is 0 Å². The Bertz CT molecular complexity index is 288. The molecule has 1 atom stereocenters. The van der Waals surface area contributed by atoms with Crippen molar-refractivity contribution in [1.29, 1.82) is 0 Å². The lowest BCUT2D eigenvalue weighted by Crippen LogP contribution is -2.32. The maximum Gasteiger partial charge on any atom is 0.0940 e. The summed E-state index contributed by atoms with van der Waals surface area (Å²) in [5.74, 6) is 0. The molecule has 0 aromatic carbocycles. The molecule has 17 heavy (non-hydrogen) atoms. The Labute approximate surface area is 110 Å². The largest absolute Gasteiger partial charge is 0.314 e. The molecule has 1 heterocycles. The van der Waals surface area contributed by atoms with Crippen molar-refractivity contribution in [2.75, 3.05) is 6.54 Å². The summed E-state index contributed by atoms with van der Waals surface area (Å²) in [5.41, 5.74) is 0.426. The third-order valence-corrected chi connectivity index (χ3v) is 3.63. The highest BCUT2D eigenvalue weighted by Gasteiger charge is 2.16. The summed E-state index contributed by atoms with van der Waals surface area (Å²) in [7, 11) is 0. The second-order valence-corrected chi connectivity index (χ2v) is 6.86. The molecular formula is C14H26N2S. The van der Waals surface area contributed by atoms with Gasteiger partial charge in [0.05, 0.1) is 5.01 Å². The van der Waals surface area contributed by atoms with Crippen molar-refractivity contribution in [3.8, 4) is 0 Å². The van der Waals surface area contributed by atoms with Crippen molar-refractivity contribution in [1.82, 2.24) is 10.3 Å². The highest BCUT2D eigenvalue weighted by molar-refractivity contribution is 7.09. The number of aromatic nitrogens is 1. The summed E-state index contributed by atoms with van der Waals surface area (Å²) in [5, 5.41) is 6.97. The first kappa shape index (κ1) is 14.7. The Morgan fingerprint density at radius 2 is 2.18 bits per heavy atom. The number of nitrogens with zero attached hydrogens (tertiary/aromatic N) is 1. The fraction of sp³-hybridized carbons (Fsp3) is 0.786. The van der Waals surface area contributed by atoms with E-state index in [1.165, 1.54) is 24.3 Å². The molecule has 0 fully saturated rings. The molecule has 1 N–H and O–H groups in total. The second kappa shape index (κ2) is 7.12. The van der Waals surface area contributed by atoms with Crippen molar-refractivity contribution in [3.05, 3.63) is 16.6 Å². The van der Waals surface area contributed by atoms with Crippen LogP contribution in [0.1, 0.15) is 52.0 Å². The lowest BCUT2D eigenvalue weighted by atomic mass is 9.88. The summed E-state index contributed by atoms with van der Waals surface area (Å²) >= 11 is 1.77. The van der Waals surface area contributed by atoms with Gasteiger partial charge in [-0.15, -0.1) is 11.3 Å². The van der Waals surface area contributed by atoms with Gasteiger partial charge in [-0.1, -0.05) is 27.7 Å². The van der Waals surface area contributed by atoms with Gasteiger partial charge < -0.3 is 5.32 Å². The summed E-state index contributed by atoms with van der Waals surface area (Å²) in [6.07, 6.45) is 6.68. The molecule has 0 spiro atoms. The minimum atomic E-state index is 0.426. The van der Waals surface area contributed by atoms with Gasteiger partial charge >= 0.3 is 0 Å². The number of hydrogen-bond donors (Lipinski definition) is 1. The highest BCUT2D eigenvalue weighted by atomic mass is 32.1. The lowest BCUT2D eigenvalue weighted by Gasteiger charge is -2.23. The minimum absolute atomic E-state index is 0.426. The summed E-state index contributed by atoms with van der Waals surface area (Å²) < 4.78 is 0. The van der Waals surface area contributed by atoms with Crippen LogP contribution in [0.3, 0.4) is 0 Å². The summed E-state index contributed by atoms with van der Waals surface area (Å²) in [6, 6.07) is 0.584. The third-order valence-electron chi connectivity index (χ3n) is 2.83. The standard InChI is InChI=1S/C14H26N2S/c1-5-8-15-12(6-7-14(2,3)4)11-13-16-9-10-17-13/h9-10,12,15H,5-8,11H2,1-4H3. The molecule has 0 amide bonds. The first-order valence-corrected chi connectivity index (χ1v) is 7.51. The van der Waals surface area contributed by atoms with Crippen LogP contribution in [0.2, 0.25) is 0 Å². The zero-order valence-corrected chi connectivity index (χ0v) is 12.4. The van der Waals surface area contributed by atoms with Gasteiger partial charge in [-0.25, -0.2) is 4.98 Å². The van der Waals surface area contributed by atoms with Gasteiger partial charge in [-0.3, -0.25) is 0 Å². The quantitative estimate of drug-likeness (QED) is 0.798. The maximum atomic E-state index is 4.39. The average Bonchev–Trinajstić information content (AvgIpc) is 2.73. The van der Waals surface area contributed by atoms with E-state index in [0.717, 1.165) is 13.0 Å². The molecule has 0 aliphatic carbocycles. The zero-order valence-electron chi connectivity index (χ0n) is 11.6. The van der Waals surface area contributed by atoms with E-state index in [9.17, 15) is 0 Å². The van der Waals surface area contributed by atoms with E-state index in [1.807, 2.05) is 6.20 Å². The van der Waals surface area contributed by atoms with E-state index >= 15 is 0 Å². The van der Waals surface area contributed by atoms with Crippen molar-refractivity contribution >= 4 is 11.3 Å². The normalized spacial score (nSPS) is 13.9. The molecule has 1 unspecified atom stereocenters. The van der Waals surface area contributed by atoms with Crippen LogP contribution >= 0.6 is 11.3 Å². The van der Waals surface area contributed by atoms with Gasteiger partial charge in [0.1, 0.15) is 0 Å². The van der Waals surface area contributed by atoms with E-state index < -0.39 is 0 Å². The maximum absolute atomic E-state index is 4.39. The average molecular weight is 254 g/mol. The van der Waals surface area contributed by atoms with Crippen LogP contribution in [0.4, 0.5) is 0 Å². The molecule has 0 saturated heterocycles. The highest BCUT2D eigenvalue weighted by Crippen LogP contribution is 2.22. The molecule has 0 radical (unpaired) electrons. The zero-order chi connectivity index (χ0) is 12.7. The van der Waals surface area contributed by atoms with Gasteiger partial charge in [0.25, 0.3) is 0 Å². The molecule has 0 saturated carbocycles. The van der Waals surface area contributed by atoms with E-state index in [1.54, 1.807) is 11.3 Å². The van der Waals surface area contributed by atoms with Gasteiger partial charge in [-0.05, 0) is 31.2 Å².